The number of unbranched alkanes of at least 4 members (excludes halogenated alkanes) is 1. The molecule has 0 spiro atoms. The van der Waals surface area contributed by atoms with E-state index in [0.29, 0.717) is 25.4 Å². The summed E-state index contributed by atoms with van der Waals surface area (Å²) in [6.45, 7) is 0. The van der Waals surface area contributed by atoms with Gasteiger partial charge in [-0.1, -0.05) is 30.3 Å². The normalized spacial score (nSPS) is 11.4. The number of hydrogen-bond acceptors (Lipinski definition) is 4. The van der Waals surface area contributed by atoms with Crippen LogP contribution in [0, 0.1) is 0 Å². The Balaban J connectivity index is 2.31. The Morgan fingerprint density at radius 1 is 1.11 bits per heavy atom. The topological polar surface area (TPSA) is 52.6 Å². The van der Waals surface area contributed by atoms with Gasteiger partial charge < -0.3 is 9.05 Å². The molecule has 0 aliphatic rings. The monoisotopic (exact) mass is 270 g/mol. The summed E-state index contributed by atoms with van der Waals surface area (Å²) < 4.78 is 21.4. The van der Waals surface area contributed by atoms with Crippen LogP contribution < -0.4 is 0 Å². The highest BCUT2D eigenvalue weighted by molar-refractivity contribution is 7.53. The van der Waals surface area contributed by atoms with Gasteiger partial charge in [-0.05, 0) is 12.8 Å². The molecule has 0 N–H and O–H groups in total. The van der Waals surface area contributed by atoms with Gasteiger partial charge in [-0.3, -0.25) is 9.36 Å². The molecule has 0 radical (unpaired) electrons. The molecule has 5 heteroatoms. The predicted octanol–water partition coefficient (Wildman–Crippen LogP) is 3.53. The second-order valence-electron chi connectivity index (χ2n) is 3.95. The molecule has 0 aliphatic carbocycles. The minimum Gasteiger partial charge on any atom is -0.312 e. The average Bonchev–Trinajstić information content (AvgIpc) is 2.44. The van der Waals surface area contributed by atoms with E-state index in [1.807, 2.05) is 18.2 Å². The minimum atomic E-state index is -2.92. The number of rotatable bonds is 8. The van der Waals surface area contributed by atoms with Gasteiger partial charge in [0.15, 0.2) is 5.78 Å². The van der Waals surface area contributed by atoms with E-state index in [4.69, 9.17) is 9.05 Å². The van der Waals surface area contributed by atoms with Crippen molar-refractivity contribution in [3.05, 3.63) is 35.9 Å². The number of carbonyl (C=O) groups is 1. The van der Waals surface area contributed by atoms with E-state index >= 15 is 0 Å². The van der Waals surface area contributed by atoms with Crippen LogP contribution in [0.4, 0.5) is 0 Å². The van der Waals surface area contributed by atoms with Crippen LogP contribution in [0.3, 0.4) is 0 Å². The number of Topliss-reactive ketones (excluding diaryl/α,β-unsaturated/α-hetero) is 1. The van der Waals surface area contributed by atoms with Gasteiger partial charge in [-0.2, -0.15) is 0 Å². The lowest BCUT2D eigenvalue weighted by atomic mass is 10.1. The highest BCUT2D eigenvalue weighted by atomic mass is 31.2. The first-order valence-electron chi connectivity index (χ1n) is 5.90. The standard InChI is InChI=1S/C13H19O4P/c1-16-18(15,17-2)11-7-6-10-13(14)12-8-4-3-5-9-12/h3-5,8-9H,6-7,10-11H2,1-2H3. The number of benzene rings is 1. The zero-order valence-corrected chi connectivity index (χ0v) is 11.7. The van der Waals surface area contributed by atoms with Gasteiger partial charge in [0, 0.05) is 26.2 Å². The smallest absolute Gasteiger partial charge is 0.312 e. The highest BCUT2D eigenvalue weighted by Crippen LogP contribution is 2.47. The fraction of sp³-hybridized carbons (Fsp3) is 0.462. The third-order valence-corrected chi connectivity index (χ3v) is 4.71. The van der Waals surface area contributed by atoms with E-state index in [2.05, 4.69) is 0 Å². The molecule has 0 unspecified atom stereocenters. The second kappa shape index (κ2) is 7.47. The van der Waals surface area contributed by atoms with Crippen molar-refractivity contribution in [2.45, 2.75) is 19.3 Å². The maximum absolute atomic E-state index is 11.8. The van der Waals surface area contributed by atoms with Crippen molar-refractivity contribution in [1.82, 2.24) is 0 Å². The van der Waals surface area contributed by atoms with Crippen molar-refractivity contribution in [3.8, 4) is 0 Å². The molecule has 0 heterocycles. The van der Waals surface area contributed by atoms with Crippen LogP contribution in [0.25, 0.3) is 0 Å². The van der Waals surface area contributed by atoms with Crippen LogP contribution in [0.2, 0.25) is 0 Å². The lowest BCUT2D eigenvalue weighted by Crippen LogP contribution is -2.00. The van der Waals surface area contributed by atoms with Gasteiger partial charge in [0.05, 0.1) is 6.16 Å². The number of hydrogen-bond donors (Lipinski definition) is 0. The van der Waals surface area contributed by atoms with E-state index in [1.54, 1.807) is 12.1 Å². The maximum atomic E-state index is 11.8. The number of ketones is 1. The van der Waals surface area contributed by atoms with Crippen molar-refractivity contribution in [3.63, 3.8) is 0 Å². The van der Waals surface area contributed by atoms with Gasteiger partial charge >= 0.3 is 7.60 Å². The van der Waals surface area contributed by atoms with Crippen molar-refractivity contribution >= 4 is 13.4 Å². The fourth-order valence-electron chi connectivity index (χ4n) is 1.62. The van der Waals surface area contributed by atoms with Gasteiger partial charge in [0.1, 0.15) is 0 Å². The van der Waals surface area contributed by atoms with Gasteiger partial charge in [-0.25, -0.2) is 0 Å². The Morgan fingerprint density at radius 2 is 1.72 bits per heavy atom. The maximum Gasteiger partial charge on any atom is 0.330 e. The van der Waals surface area contributed by atoms with Crippen LogP contribution >= 0.6 is 7.60 Å². The Kier molecular flexibility index (Phi) is 6.27. The summed E-state index contributed by atoms with van der Waals surface area (Å²) in [5, 5.41) is 0. The van der Waals surface area contributed by atoms with Crippen LogP contribution in [-0.2, 0) is 13.6 Å². The second-order valence-corrected chi connectivity index (χ2v) is 6.35. The Labute approximate surface area is 108 Å². The van der Waals surface area contributed by atoms with Gasteiger partial charge in [0.2, 0.25) is 0 Å². The molecule has 0 amide bonds. The first-order valence-corrected chi connectivity index (χ1v) is 7.63. The summed E-state index contributed by atoms with van der Waals surface area (Å²) in [6, 6.07) is 9.17. The molecule has 0 saturated carbocycles. The summed E-state index contributed by atoms with van der Waals surface area (Å²) in [6.07, 6.45) is 2.14. The van der Waals surface area contributed by atoms with E-state index in [1.165, 1.54) is 14.2 Å². The largest absolute Gasteiger partial charge is 0.330 e. The Morgan fingerprint density at radius 3 is 2.28 bits per heavy atom. The molecule has 0 aromatic heterocycles. The van der Waals surface area contributed by atoms with Crippen LogP contribution in [0.5, 0.6) is 0 Å². The highest BCUT2D eigenvalue weighted by Gasteiger charge is 2.20. The SMILES string of the molecule is COP(=O)(CCCCC(=O)c1ccccc1)OC. The van der Waals surface area contributed by atoms with E-state index in [9.17, 15) is 9.36 Å². The van der Waals surface area contributed by atoms with Crippen LogP contribution in [0.15, 0.2) is 30.3 Å². The molecule has 1 rings (SSSR count). The van der Waals surface area contributed by atoms with Crippen molar-refractivity contribution in [2.24, 2.45) is 0 Å². The van der Waals surface area contributed by atoms with Crippen molar-refractivity contribution < 1.29 is 18.4 Å². The molecular weight excluding hydrogens is 251 g/mol. The Bertz CT molecular complexity index is 408. The Hall–Kier alpha value is -0.960. The summed E-state index contributed by atoms with van der Waals surface area (Å²) in [7, 11) is -0.176. The molecule has 0 fully saturated rings. The molecule has 0 atom stereocenters. The molecule has 0 saturated heterocycles. The lowest BCUT2D eigenvalue weighted by molar-refractivity contribution is 0.0979. The minimum absolute atomic E-state index is 0.111. The van der Waals surface area contributed by atoms with E-state index in [-0.39, 0.29) is 5.78 Å². The van der Waals surface area contributed by atoms with Crippen LogP contribution in [-0.4, -0.2) is 26.2 Å². The zero-order valence-electron chi connectivity index (χ0n) is 10.8. The third kappa shape index (κ3) is 4.73. The number of carbonyl (C=O) groups excluding carboxylic acids is 1. The fourth-order valence-corrected chi connectivity index (χ4v) is 2.74. The average molecular weight is 270 g/mol. The molecule has 1 aromatic carbocycles. The third-order valence-electron chi connectivity index (χ3n) is 2.74. The molecule has 0 bridgehead atoms. The summed E-state index contributed by atoms with van der Waals surface area (Å²) in [5.74, 6) is 0.111. The molecule has 1 aromatic rings. The first-order chi connectivity index (χ1) is 8.61. The van der Waals surface area contributed by atoms with Crippen molar-refractivity contribution in [1.29, 1.82) is 0 Å². The van der Waals surface area contributed by atoms with Gasteiger partial charge in [-0.15, -0.1) is 0 Å². The molecule has 18 heavy (non-hydrogen) atoms. The van der Waals surface area contributed by atoms with E-state index < -0.39 is 7.60 Å². The van der Waals surface area contributed by atoms with Gasteiger partial charge in [0.25, 0.3) is 0 Å². The zero-order chi connectivity index (χ0) is 13.4. The molecule has 100 valence electrons. The van der Waals surface area contributed by atoms with Crippen molar-refractivity contribution in [2.75, 3.05) is 20.4 Å². The summed E-state index contributed by atoms with van der Waals surface area (Å²) in [5.41, 5.74) is 0.721. The molecule has 0 aliphatic heterocycles. The summed E-state index contributed by atoms with van der Waals surface area (Å²) >= 11 is 0. The van der Waals surface area contributed by atoms with E-state index in [0.717, 1.165) is 5.56 Å². The van der Waals surface area contributed by atoms with Crippen LogP contribution in [0.1, 0.15) is 29.6 Å². The molecule has 4 nitrogen and oxygen atoms in total. The predicted molar refractivity (Wildman–Crippen MR) is 71.1 cm³/mol. The quantitative estimate of drug-likeness (QED) is 0.412. The summed E-state index contributed by atoms with van der Waals surface area (Å²) in [4.78, 5) is 11.8. The molecular formula is C13H19O4P. The lowest BCUT2D eigenvalue weighted by Gasteiger charge is -2.12. The first kappa shape index (κ1) is 15.1.